The number of nitrogen functional groups attached to an aromatic ring is 1. The Morgan fingerprint density at radius 3 is 3.00 bits per heavy atom. The summed E-state index contributed by atoms with van der Waals surface area (Å²) in [5.41, 5.74) is 4.80. The third kappa shape index (κ3) is 3.18. The van der Waals surface area contributed by atoms with Gasteiger partial charge in [0, 0.05) is 17.8 Å². The van der Waals surface area contributed by atoms with E-state index in [4.69, 9.17) is 5.84 Å². The first-order valence-electron chi connectivity index (χ1n) is 5.77. The lowest BCUT2D eigenvalue weighted by atomic mass is 10.1. The first kappa shape index (κ1) is 12.8. The Morgan fingerprint density at radius 1 is 1.50 bits per heavy atom. The van der Waals surface area contributed by atoms with Crippen molar-refractivity contribution in [3.8, 4) is 0 Å². The van der Waals surface area contributed by atoms with Gasteiger partial charge in [0.15, 0.2) is 0 Å². The van der Waals surface area contributed by atoms with Gasteiger partial charge in [0.25, 0.3) is 0 Å². The second-order valence-corrected chi connectivity index (χ2v) is 5.03. The lowest BCUT2D eigenvalue weighted by Gasteiger charge is -2.15. The first-order valence-corrected chi connectivity index (χ1v) is 6.71. The van der Waals surface area contributed by atoms with Crippen molar-refractivity contribution < 1.29 is 0 Å². The third-order valence-electron chi connectivity index (χ3n) is 2.61. The molecule has 2 heterocycles. The highest BCUT2D eigenvalue weighted by Gasteiger charge is 2.08. The highest BCUT2D eigenvalue weighted by molar-refractivity contribution is 7.07. The van der Waals surface area contributed by atoms with Gasteiger partial charge in [-0.3, -0.25) is 5.43 Å². The van der Waals surface area contributed by atoms with E-state index in [0.717, 1.165) is 17.8 Å². The SMILES string of the molecule is Cc1cnc(NN)nc1NC(C)Cc1ccsc1. The Morgan fingerprint density at radius 2 is 2.33 bits per heavy atom. The number of nitrogens with one attached hydrogen (secondary N) is 2. The summed E-state index contributed by atoms with van der Waals surface area (Å²) in [6, 6.07) is 2.45. The number of hydrogen-bond acceptors (Lipinski definition) is 6. The Labute approximate surface area is 110 Å². The van der Waals surface area contributed by atoms with Gasteiger partial charge < -0.3 is 5.32 Å². The van der Waals surface area contributed by atoms with Gasteiger partial charge in [-0.25, -0.2) is 10.8 Å². The molecular weight excluding hydrogens is 246 g/mol. The molecule has 18 heavy (non-hydrogen) atoms. The molecule has 5 nitrogen and oxygen atoms in total. The van der Waals surface area contributed by atoms with Crippen molar-refractivity contribution in [2.75, 3.05) is 10.7 Å². The van der Waals surface area contributed by atoms with E-state index in [-0.39, 0.29) is 0 Å². The minimum Gasteiger partial charge on any atom is -0.367 e. The molecule has 0 aliphatic rings. The van der Waals surface area contributed by atoms with Crippen molar-refractivity contribution in [2.45, 2.75) is 26.3 Å². The molecule has 0 spiro atoms. The highest BCUT2D eigenvalue weighted by Crippen LogP contribution is 2.15. The van der Waals surface area contributed by atoms with Crippen molar-refractivity contribution in [2.24, 2.45) is 5.84 Å². The van der Waals surface area contributed by atoms with Gasteiger partial charge in [-0.05, 0) is 42.7 Å². The van der Waals surface area contributed by atoms with Crippen LogP contribution < -0.4 is 16.6 Å². The normalized spacial score (nSPS) is 12.2. The van der Waals surface area contributed by atoms with Gasteiger partial charge in [-0.15, -0.1) is 0 Å². The molecule has 1 atom stereocenters. The molecule has 0 fully saturated rings. The fourth-order valence-corrected chi connectivity index (χ4v) is 2.39. The van der Waals surface area contributed by atoms with Gasteiger partial charge in [-0.2, -0.15) is 16.3 Å². The number of aryl methyl sites for hydroxylation is 1. The standard InChI is InChI=1S/C12H17N5S/c1-8-6-14-12(17-13)16-11(8)15-9(2)5-10-3-4-18-7-10/h3-4,6-7,9H,5,13H2,1-2H3,(H2,14,15,16,17). The van der Waals surface area contributed by atoms with Crippen LogP contribution in [0.3, 0.4) is 0 Å². The minimum atomic E-state index is 0.304. The number of aromatic nitrogens is 2. The molecule has 96 valence electrons. The average Bonchev–Trinajstić information content (AvgIpc) is 2.84. The summed E-state index contributed by atoms with van der Waals surface area (Å²) in [5.74, 6) is 6.55. The van der Waals surface area contributed by atoms with Crippen LogP contribution in [-0.2, 0) is 6.42 Å². The van der Waals surface area contributed by atoms with E-state index < -0.39 is 0 Å². The minimum absolute atomic E-state index is 0.304. The molecule has 0 saturated heterocycles. The molecule has 4 N–H and O–H groups in total. The molecule has 0 aliphatic carbocycles. The molecule has 1 unspecified atom stereocenters. The summed E-state index contributed by atoms with van der Waals surface area (Å²) in [5, 5.41) is 7.64. The van der Waals surface area contributed by atoms with Crippen LogP contribution >= 0.6 is 11.3 Å². The molecule has 0 radical (unpaired) electrons. The maximum atomic E-state index is 5.31. The number of anilines is 2. The van der Waals surface area contributed by atoms with Crippen molar-refractivity contribution in [1.29, 1.82) is 0 Å². The molecular formula is C12H17N5S. The predicted octanol–water partition coefficient (Wildman–Crippen LogP) is 2.18. The maximum Gasteiger partial charge on any atom is 0.239 e. The van der Waals surface area contributed by atoms with Crippen LogP contribution in [0.15, 0.2) is 23.0 Å². The summed E-state index contributed by atoms with van der Waals surface area (Å²) in [4.78, 5) is 8.36. The summed E-state index contributed by atoms with van der Waals surface area (Å²) in [6.07, 6.45) is 2.72. The van der Waals surface area contributed by atoms with E-state index in [1.54, 1.807) is 17.5 Å². The van der Waals surface area contributed by atoms with E-state index >= 15 is 0 Å². The molecule has 0 aliphatic heterocycles. The van der Waals surface area contributed by atoms with Gasteiger partial charge >= 0.3 is 0 Å². The molecule has 0 saturated carbocycles. The zero-order valence-corrected chi connectivity index (χ0v) is 11.3. The molecule has 0 aromatic carbocycles. The number of thiophene rings is 1. The number of rotatable bonds is 5. The third-order valence-corrected chi connectivity index (χ3v) is 3.34. The van der Waals surface area contributed by atoms with E-state index in [2.05, 4.69) is 44.5 Å². The monoisotopic (exact) mass is 263 g/mol. The van der Waals surface area contributed by atoms with Crippen LogP contribution in [0, 0.1) is 6.92 Å². The second kappa shape index (κ2) is 5.79. The largest absolute Gasteiger partial charge is 0.367 e. The predicted molar refractivity (Wildman–Crippen MR) is 75.7 cm³/mol. The fourth-order valence-electron chi connectivity index (χ4n) is 1.70. The summed E-state index contributed by atoms with van der Waals surface area (Å²) in [7, 11) is 0. The summed E-state index contributed by atoms with van der Waals surface area (Å²) in [6.45, 7) is 4.11. The fraction of sp³-hybridized carbons (Fsp3) is 0.333. The second-order valence-electron chi connectivity index (χ2n) is 4.25. The number of hydrazine groups is 1. The Hall–Kier alpha value is -1.66. The number of hydrogen-bond donors (Lipinski definition) is 3. The topological polar surface area (TPSA) is 75.9 Å². The number of nitrogens with zero attached hydrogens (tertiary/aromatic N) is 2. The zero-order chi connectivity index (χ0) is 13.0. The first-order chi connectivity index (χ1) is 8.69. The lowest BCUT2D eigenvalue weighted by Crippen LogP contribution is -2.20. The van der Waals surface area contributed by atoms with Gasteiger partial charge in [-0.1, -0.05) is 0 Å². The van der Waals surface area contributed by atoms with Crippen molar-refractivity contribution in [3.63, 3.8) is 0 Å². The zero-order valence-electron chi connectivity index (χ0n) is 10.5. The Kier molecular flexibility index (Phi) is 4.11. The lowest BCUT2D eigenvalue weighted by molar-refractivity contribution is 0.784. The van der Waals surface area contributed by atoms with Crippen LogP contribution in [0.4, 0.5) is 11.8 Å². The van der Waals surface area contributed by atoms with Gasteiger partial charge in [0.05, 0.1) is 0 Å². The van der Waals surface area contributed by atoms with Gasteiger partial charge in [0.2, 0.25) is 5.95 Å². The van der Waals surface area contributed by atoms with Crippen LogP contribution in [0.5, 0.6) is 0 Å². The Bertz CT molecular complexity index is 497. The Balaban J connectivity index is 2.04. The van der Waals surface area contributed by atoms with E-state index in [1.807, 2.05) is 6.92 Å². The van der Waals surface area contributed by atoms with E-state index in [0.29, 0.717) is 12.0 Å². The molecule has 2 rings (SSSR count). The van der Waals surface area contributed by atoms with Crippen molar-refractivity contribution >= 4 is 23.1 Å². The molecule has 2 aromatic rings. The van der Waals surface area contributed by atoms with Crippen LogP contribution in [0.25, 0.3) is 0 Å². The van der Waals surface area contributed by atoms with Crippen LogP contribution in [0.1, 0.15) is 18.1 Å². The van der Waals surface area contributed by atoms with E-state index in [9.17, 15) is 0 Å². The van der Waals surface area contributed by atoms with Gasteiger partial charge in [0.1, 0.15) is 5.82 Å². The molecule has 0 amide bonds. The van der Waals surface area contributed by atoms with Crippen molar-refractivity contribution in [3.05, 3.63) is 34.2 Å². The van der Waals surface area contributed by atoms with Crippen LogP contribution in [0.2, 0.25) is 0 Å². The molecule has 6 heteroatoms. The number of nitrogens with two attached hydrogens (primary N) is 1. The highest BCUT2D eigenvalue weighted by atomic mass is 32.1. The average molecular weight is 263 g/mol. The quantitative estimate of drug-likeness (QED) is 0.569. The summed E-state index contributed by atoms with van der Waals surface area (Å²) >= 11 is 1.72. The van der Waals surface area contributed by atoms with Crippen molar-refractivity contribution in [1.82, 2.24) is 9.97 Å². The maximum absolute atomic E-state index is 5.31. The molecule has 0 bridgehead atoms. The molecule has 2 aromatic heterocycles. The van der Waals surface area contributed by atoms with E-state index in [1.165, 1.54) is 5.56 Å². The summed E-state index contributed by atoms with van der Waals surface area (Å²) < 4.78 is 0. The smallest absolute Gasteiger partial charge is 0.239 e. The van der Waals surface area contributed by atoms with Crippen LogP contribution in [-0.4, -0.2) is 16.0 Å².